The van der Waals surface area contributed by atoms with Gasteiger partial charge in [0, 0.05) is 12.1 Å². The van der Waals surface area contributed by atoms with Gasteiger partial charge in [-0.2, -0.15) is 0 Å². The van der Waals surface area contributed by atoms with E-state index in [9.17, 15) is 10.1 Å². The van der Waals surface area contributed by atoms with Crippen molar-refractivity contribution in [2.24, 2.45) is 0 Å². The van der Waals surface area contributed by atoms with Gasteiger partial charge in [-0.3, -0.25) is 10.1 Å². The third-order valence-electron chi connectivity index (χ3n) is 3.37. The third-order valence-corrected chi connectivity index (χ3v) is 3.37. The van der Waals surface area contributed by atoms with Gasteiger partial charge in [0.15, 0.2) is 0 Å². The van der Waals surface area contributed by atoms with Gasteiger partial charge in [0.2, 0.25) is 0 Å². The van der Waals surface area contributed by atoms with Crippen LogP contribution >= 0.6 is 0 Å². The lowest BCUT2D eigenvalue weighted by Gasteiger charge is -2.06. The summed E-state index contributed by atoms with van der Waals surface area (Å²) in [6.07, 6.45) is 3.94. The van der Waals surface area contributed by atoms with E-state index < -0.39 is 4.92 Å². The summed E-state index contributed by atoms with van der Waals surface area (Å²) in [6.45, 7) is 0.667. The zero-order valence-corrected chi connectivity index (χ0v) is 10.7. The van der Waals surface area contributed by atoms with Crippen molar-refractivity contribution in [1.29, 1.82) is 0 Å². The van der Waals surface area contributed by atoms with Crippen LogP contribution in [0.2, 0.25) is 0 Å². The number of rotatable bonds is 4. The molecule has 1 heterocycles. The third kappa shape index (κ3) is 2.46. The molecular formula is C16H13NO3. The van der Waals surface area contributed by atoms with E-state index in [1.54, 1.807) is 12.1 Å². The molecule has 1 aliphatic heterocycles. The molecule has 4 heteroatoms. The van der Waals surface area contributed by atoms with Crippen LogP contribution in [0.25, 0.3) is 6.08 Å². The second-order valence-corrected chi connectivity index (χ2v) is 4.73. The number of nitrogens with zero attached hydrogens (tertiary/aromatic N) is 1. The van der Waals surface area contributed by atoms with Crippen LogP contribution in [0.3, 0.4) is 0 Å². The van der Waals surface area contributed by atoms with E-state index in [2.05, 4.69) is 0 Å². The molecule has 3 rings (SSSR count). The first-order valence-electron chi connectivity index (χ1n) is 6.33. The maximum Gasteiger partial charge on any atom is 0.269 e. The van der Waals surface area contributed by atoms with Crippen LogP contribution in [-0.4, -0.2) is 11.5 Å². The van der Waals surface area contributed by atoms with Gasteiger partial charge >= 0.3 is 0 Å². The normalized spacial score (nSPS) is 21.0. The molecule has 0 bridgehead atoms. The fourth-order valence-corrected chi connectivity index (χ4v) is 2.10. The minimum atomic E-state index is -0.400. The van der Waals surface area contributed by atoms with Crippen LogP contribution in [0.5, 0.6) is 0 Å². The molecule has 4 nitrogen and oxygen atoms in total. The van der Waals surface area contributed by atoms with Gasteiger partial charge in [0.25, 0.3) is 5.69 Å². The summed E-state index contributed by atoms with van der Waals surface area (Å²) in [6, 6.07) is 16.5. The maximum absolute atomic E-state index is 10.6. The van der Waals surface area contributed by atoms with E-state index in [0.717, 1.165) is 11.1 Å². The summed E-state index contributed by atoms with van der Waals surface area (Å²) in [5.74, 6) is 0. The lowest BCUT2D eigenvalue weighted by molar-refractivity contribution is -0.384. The van der Waals surface area contributed by atoms with E-state index in [1.807, 2.05) is 42.5 Å². The minimum Gasteiger partial charge on any atom is -0.360 e. The lowest BCUT2D eigenvalue weighted by Crippen LogP contribution is -2.03. The lowest BCUT2D eigenvalue weighted by atomic mass is 9.98. The summed E-state index contributed by atoms with van der Waals surface area (Å²) >= 11 is 0. The Morgan fingerprint density at radius 2 is 1.75 bits per heavy atom. The largest absolute Gasteiger partial charge is 0.360 e. The summed E-state index contributed by atoms with van der Waals surface area (Å²) in [5, 5.41) is 10.6. The Hall–Kier alpha value is -2.46. The Morgan fingerprint density at radius 3 is 2.30 bits per heavy atom. The number of epoxide rings is 1. The zero-order chi connectivity index (χ0) is 14.0. The highest BCUT2D eigenvalue weighted by molar-refractivity contribution is 5.54. The van der Waals surface area contributed by atoms with Crippen LogP contribution < -0.4 is 0 Å². The van der Waals surface area contributed by atoms with Crippen LogP contribution in [0.1, 0.15) is 11.1 Å². The molecule has 0 saturated carbocycles. The molecule has 2 aromatic rings. The molecule has 1 atom stereocenters. The molecule has 1 saturated heterocycles. The minimum absolute atomic E-state index is 0.0996. The van der Waals surface area contributed by atoms with Crippen molar-refractivity contribution in [3.05, 3.63) is 81.9 Å². The average Bonchev–Trinajstić information content (AvgIpc) is 3.28. The molecule has 0 aliphatic carbocycles. The van der Waals surface area contributed by atoms with Crippen molar-refractivity contribution in [2.45, 2.75) is 5.60 Å². The SMILES string of the molecule is O=[N+]([O-])c1ccc(/C=C/C2(c3ccccc3)CO2)cc1. The van der Waals surface area contributed by atoms with Gasteiger partial charge in [-0.05, 0) is 29.3 Å². The summed E-state index contributed by atoms with van der Waals surface area (Å²) in [5.41, 5.74) is 1.81. The first-order chi connectivity index (χ1) is 9.70. The van der Waals surface area contributed by atoms with Crippen molar-refractivity contribution < 1.29 is 9.66 Å². The highest BCUT2D eigenvalue weighted by Gasteiger charge is 2.43. The van der Waals surface area contributed by atoms with Crippen molar-refractivity contribution in [2.75, 3.05) is 6.61 Å². The number of nitro groups is 1. The summed E-state index contributed by atoms with van der Waals surface area (Å²) in [7, 11) is 0. The fourth-order valence-electron chi connectivity index (χ4n) is 2.10. The van der Waals surface area contributed by atoms with Gasteiger partial charge in [-0.15, -0.1) is 0 Å². The standard InChI is InChI=1S/C16H13NO3/c18-17(19)15-8-6-13(7-9-15)10-11-16(12-20-16)14-4-2-1-3-5-14/h1-11H,12H2/b11-10+. The molecule has 0 spiro atoms. The fraction of sp³-hybridized carbons (Fsp3) is 0.125. The molecule has 0 N–H and O–H groups in total. The van der Waals surface area contributed by atoms with Crippen molar-refractivity contribution in [3.8, 4) is 0 Å². The van der Waals surface area contributed by atoms with Gasteiger partial charge < -0.3 is 4.74 Å². The highest BCUT2D eigenvalue weighted by Crippen LogP contribution is 2.40. The number of non-ortho nitro benzene ring substituents is 1. The molecule has 2 aromatic carbocycles. The quantitative estimate of drug-likeness (QED) is 0.483. The number of nitro benzene ring substituents is 1. The monoisotopic (exact) mass is 267 g/mol. The van der Waals surface area contributed by atoms with Crippen molar-refractivity contribution >= 4 is 11.8 Å². The van der Waals surface area contributed by atoms with E-state index >= 15 is 0 Å². The molecule has 20 heavy (non-hydrogen) atoms. The van der Waals surface area contributed by atoms with Gasteiger partial charge in [-0.25, -0.2) is 0 Å². The zero-order valence-electron chi connectivity index (χ0n) is 10.7. The molecule has 1 unspecified atom stereocenters. The summed E-state index contributed by atoms with van der Waals surface area (Å²) < 4.78 is 5.57. The molecule has 1 aliphatic rings. The molecule has 1 fully saturated rings. The Balaban J connectivity index is 1.79. The molecular weight excluding hydrogens is 254 g/mol. The second kappa shape index (κ2) is 4.90. The smallest absolute Gasteiger partial charge is 0.269 e. The predicted molar refractivity (Wildman–Crippen MR) is 76.2 cm³/mol. The van der Waals surface area contributed by atoms with Crippen LogP contribution in [0.15, 0.2) is 60.7 Å². The Morgan fingerprint density at radius 1 is 1.10 bits per heavy atom. The topological polar surface area (TPSA) is 55.7 Å². The highest BCUT2D eigenvalue weighted by atomic mass is 16.6. The molecule has 100 valence electrons. The van der Waals surface area contributed by atoms with Crippen LogP contribution in [0.4, 0.5) is 5.69 Å². The first-order valence-corrected chi connectivity index (χ1v) is 6.33. The number of benzene rings is 2. The van der Waals surface area contributed by atoms with Crippen molar-refractivity contribution in [1.82, 2.24) is 0 Å². The van der Waals surface area contributed by atoms with E-state index in [0.29, 0.717) is 6.61 Å². The molecule has 0 amide bonds. The first kappa shape index (κ1) is 12.6. The van der Waals surface area contributed by atoms with Gasteiger partial charge in [0.05, 0.1) is 11.5 Å². The predicted octanol–water partition coefficient (Wildman–Crippen LogP) is 3.53. The van der Waals surface area contributed by atoms with E-state index in [-0.39, 0.29) is 11.3 Å². The van der Waals surface area contributed by atoms with Gasteiger partial charge in [0.1, 0.15) is 5.60 Å². The van der Waals surface area contributed by atoms with Crippen molar-refractivity contribution in [3.63, 3.8) is 0 Å². The molecule has 0 radical (unpaired) electrons. The maximum atomic E-state index is 10.6. The van der Waals surface area contributed by atoms with Gasteiger partial charge in [-0.1, -0.05) is 36.4 Å². The number of ether oxygens (including phenoxy) is 1. The number of hydrogen-bond acceptors (Lipinski definition) is 3. The van der Waals surface area contributed by atoms with Crippen LogP contribution in [-0.2, 0) is 10.3 Å². The number of hydrogen-bond donors (Lipinski definition) is 0. The van der Waals surface area contributed by atoms with E-state index in [1.165, 1.54) is 12.1 Å². The van der Waals surface area contributed by atoms with Crippen LogP contribution in [0, 0.1) is 10.1 Å². The van der Waals surface area contributed by atoms with E-state index in [4.69, 9.17) is 4.74 Å². The Kier molecular flexibility index (Phi) is 3.08. The summed E-state index contributed by atoms with van der Waals surface area (Å²) in [4.78, 5) is 10.2. The Labute approximate surface area is 116 Å². The Bertz CT molecular complexity index is 643. The average molecular weight is 267 g/mol. The molecule has 0 aromatic heterocycles. The second-order valence-electron chi connectivity index (χ2n) is 4.73.